The van der Waals surface area contributed by atoms with Gasteiger partial charge in [0.15, 0.2) is 5.65 Å². The summed E-state index contributed by atoms with van der Waals surface area (Å²) in [5.41, 5.74) is 2.12. The van der Waals surface area contributed by atoms with Gasteiger partial charge in [0.25, 0.3) is 0 Å². The maximum atomic E-state index is 13.2. The lowest BCUT2D eigenvalue weighted by molar-refractivity contribution is 0.0575. The molecule has 1 N–H and O–H groups in total. The number of carbonyl (C=O) groups is 1. The van der Waals surface area contributed by atoms with E-state index in [0.29, 0.717) is 18.2 Å². The molecule has 7 heteroatoms. The summed E-state index contributed by atoms with van der Waals surface area (Å²) in [4.78, 5) is 19.4. The van der Waals surface area contributed by atoms with E-state index in [2.05, 4.69) is 29.2 Å². The van der Waals surface area contributed by atoms with Crippen molar-refractivity contribution in [2.24, 2.45) is 0 Å². The van der Waals surface area contributed by atoms with E-state index >= 15 is 0 Å². The van der Waals surface area contributed by atoms with E-state index < -0.39 is 11.7 Å². The Morgan fingerprint density at radius 2 is 1.93 bits per heavy atom. The van der Waals surface area contributed by atoms with Crippen molar-refractivity contribution in [3.05, 3.63) is 53.7 Å². The first-order valence-electron chi connectivity index (χ1n) is 9.80. The molecule has 0 aliphatic heterocycles. The Kier molecular flexibility index (Phi) is 5.77. The third-order valence-corrected chi connectivity index (χ3v) is 4.43. The fourth-order valence-corrected chi connectivity index (χ4v) is 3.01. The molecule has 7 nitrogen and oxygen atoms in total. The van der Waals surface area contributed by atoms with Gasteiger partial charge in [-0.15, -0.1) is 0 Å². The highest BCUT2D eigenvalue weighted by Gasteiger charge is 2.27. The predicted octanol–water partition coefficient (Wildman–Crippen LogP) is 4.84. The van der Waals surface area contributed by atoms with E-state index in [-0.39, 0.29) is 5.92 Å². The second kappa shape index (κ2) is 8.11. The van der Waals surface area contributed by atoms with E-state index in [1.165, 1.54) is 0 Å². The number of fused-ring (bicyclic) bond motifs is 1. The Labute approximate surface area is 171 Å². The zero-order valence-corrected chi connectivity index (χ0v) is 17.9. The van der Waals surface area contributed by atoms with Gasteiger partial charge in [0, 0.05) is 18.7 Å². The van der Waals surface area contributed by atoms with Crippen molar-refractivity contribution in [3.63, 3.8) is 0 Å². The van der Waals surface area contributed by atoms with Crippen LogP contribution in [0.5, 0.6) is 0 Å². The summed E-state index contributed by atoms with van der Waals surface area (Å²) in [6.45, 7) is 10.1. The lowest BCUT2D eigenvalue weighted by Crippen LogP contribution is -2.37. The van der Waals surface area contributed by atoms with Gasteiger partial charge in [-0.3, -0.25) is 4.90 Å². The molecule has 1 amide bonds. The highest BCUT2D eigenvalue weighted by atomic mass is 16.6. The first-order valence-corrected chi connectivity index (χ1v) is 9.80. The predicted molar refractivity (Wildman–Crippen MR) is 115 cm³/mol. The van der Waals surface area contributed by atoms with Crippen LogP contribution in [0.25, 0.3) is 5.65 Å². The van der Waals surface area contributed by atoms with Crippen molar-refractivity contribution in [1.82, 2.24) is 14.6 Å². The standard InChI is InChI=1S/C22H29N5O2/c1-15(2)17-13-24-27-19(12-18(23-6)25-20(17)27)26(21(28)29-22(3,4)5)14-16-10-8-7-9-11-16/h7-13,15H,14H2,1-6H3,(H,23,25). The highest BCUT2D eigenvalue weighted by Crippen LogP contribution is 2.28. The molecular weight excluding hydrogens is 366 g/mol. The van der Waals surface area contributed by atoms with Gasteiger partial charge in [-0.1, -0.05) is 44.2 Å². The monoisotopic (exact) mass is 395 g/mol. The van der Waals surface area contributed by atoms with Crippen molar-refractivity contribution < 1.29 is 9.53 Å². The van der Waals surface area contributed by atoms with Gasteiger partial charge in [0.05, 0.1) is 12.7 Å². The summed E-state index contributed by atoms with van der Waals surface area (Å²) in [6.07, 6.45) is 1.38. The van der Waals surface area contributed by atoms with Gasteiger partial charge in [0.2, 0.25) is 0 Å². The van der Waals surface area contributed by atoms with Crippen LogP contribution in [0.1, 0.15) is 51.7 Å². The first-order chi connectivity index (χ1) is 13.7. The van der Waals surface area contributed by atoms with E-state index in [1.807, 2.05) is 70.4 Å². The van der Waals surface area contributed by atoms with Crippen molar-refractivity contribution in [1.29, 1.82) is 0 Å². The molecule has 0 aliphatic carbocycles. The number of aromatic nitrogens is 3. The summed E-state index contributed by atoms with van der Waals surface area (Å²) in [5, 5.41) is 7.62. The maximum absolute atomic E-state index is 13.2. The van der Waals surface area contributed by atoms with Crippen molar-refractivity contribution >= 4 is 23.4 Å². The normalized spacial score (nSPS) is 11.7. The maximum Gasteiger partial charge on any atom is 0.416 e. The number of hydrogen-bond donors (Lipinski definition) is 1. The molecule has 0 saturated heterocycles. The molecule has 0 spiro atoms. The van der Waals surface area contributed by atoms with Crippen molar-refractivity contribution in [2.75, 3.05) is 17.3 Å². The largest absolute Gasteiger partial charge is 0.443 e. The van der Waals surface area contributed by atoms with E-state index in [4.69, 9.17) is 4.74 Å². The molecule has 0 atom stereocenters. The Bertz CT molecular complexity index is 990. The Morgan fingerprint density at radius 1 is 1.24 bits per heavy atom. The molecule has 0 bridgehead atoms. The highest BCUT2D eigenvalue weighted by molar-refractivity contribution is 5.88. The van der Waals surface area contributed by atoms with E-state index in [1.54, 1.807) is 9.42 Å². The number of nitrogens with one attached hydrogen (secondary N) is 1. The minimum atomic E-state index is -0.614. The van der Waals surface area contributed by atoms with E-state index in [9.17, 15) is 4.79 Å². The van der Waals surface area contributed by atoms with Crippen LogP contribution in [0, 0.1) is 0 Å². The number of anilines is 2. The summed E-state index contributed by atoms with van der Waals surface area (Å²) in [5.74, 6) is 1.52. The summed E-state index contributed by atoms with van der Waals surface area (Å²) >= 11 is 0. The van der Waals surface area contributed by atoms with Crippen LogP contribution in [0.2, 0.25) is 0 Å². The van der Waals surface area contributed by atoms with Crippen LogP contribution in [0.4, 0.5) is 16.4 Å². The quantitative estimate of drug-likeness (QED) is 0.669. The number of amides is 1. The molecule has 0 saturated carbocycles. The topological polar surface area (TPSA) is 71.8 Å². The molecule has 3 rings (SSSR count). The van der Waals surface area contributed by atoms with Gasteiger partial charge in [0.1, 0.15) is 17.2 Å². The van der Waals surface area contributed by atoms with Gasteiger partial charge in [-0.2, -0.15) is 9.61 Å². The SMILES string of the molecule is CNc1cc(N(Cc2ccccc2)C(=O)OC(C)(C)C)n2ncc(C(C)C)c2n1. The number of benzene rings is 1. The first kappa shape index (κ1) is 20.6. The van der Waals surface area contributed by atoms with E-state index in [0.717, 1.165) is 16.8 Å². The average Bonchev–Trinajstić information content (AvgIpc) is 3.09. The Morgan fingerprint density at radius 3 is 2.52 bits per heavy atom. The molecule has 154 valence electrons. The molecule has 0 fully saturated rings. The molecule has 2 heterocycles. The van der Waals surface area contributed by atoms with Crippen LogP contribution in [0.15, 0.2) is 42.6 Å². The van der Waals surface area contributed by atoms with Crippen molar-refractivity contribution in [3.8, 4) is 0 Å². The smallest absolute Gasteiger partial charge is 0.416 e. The average molecular weight is 396 g/mol. The number of carbonyl (C=O) groups excluding carboxylic acids is 1. The minimum absolute atomic E-state index is 0.254. The summed E-state index contributed by atoms with van der Waals surface area (Å²) in [6, 6.07) is 11.6. The molecule has 1 aromatic carbocycles. The summed E-state index contributed by atoms with van der Waals surface area (Å²) in [7, 11) is 1.81. The fraction of sp³-hybridized carbons (Fsp3) is 0.409. The lowest BCUT2D eigenvalue weighted by Gasteiger charge is -2.28. The number of rotatable bonds is 5. The molecule has 29 heavy (non-hydrogen) atoms. The molecule has 0 aliphatic rings. The van der Waals surface area contributed by atoms with Crippen molar-refractivity contribution in [2.45, 2.75) is 52.7 Å². The third kappa shape index (κ3) is 4.67. The van der Waals surface area contributed by atoms with Crippen LogP contribution >= 0.6 is 0 Å². The molecule has 0 radical (unpaired) electrons. The van der Waals surface area contributed by atoms with Gasteiger partial charge in [-0.05, 0) is 32.3 Å². The van der Waals surface area contributed by atoms with Crippen LogP contribution in [0.3, 0.4) is 0 Å². The molecule has 3 aromatic rings. The Balaban J connectivity index is 2.16. The van der Waals surface area contributed by atoms with Gasteiger partial charge in [-0.25, -0.2) is 9.78 Å². The fourth-order valence-electron chi connectivity index (χ4n) is 3.01. The third-order valence-electron chi connectivity index (χ3n) is 4.43. The number of hydrogen-bond acceptors (Lipinski definition) is 5. The van der Waals surface area contributed by atoms with Crippen LogP contribution < -0.4 is 10.2 Å². The lowest BCUT2D eigenvalue weighted by atomic mass is 10.1. The zero-order valence-electron chi connectivity index (χ0n) is 17.9. The number of ether oxygens (including phenoxy) is 1. The summed E-state index contributed by atoms with van der Waals surface area (Å²) < 4.78 is 7.42. The minimum Gasteiger partial charge on any atom is -0.443 e. The van der Waals surface area contributed by atoms with Crippen LogP contribution in [-0.2, 0) is 11.3 Å². The van der Waals surface area contributed by atoms with Gasteiger partial charge >= 0.3 is 6.09 Å². The molecular formula is C22H29N5O2. The van der Waals surface area contributed by atoms with Gasteiger partial charge < -0.3 is 10.1 Å². The zero-order chi connectivity index (χ0) is 21.2. The molecule has 2 aromatic heterocycles. The molecule has 0 unspecified atom stereocenters. The second-order valence-corrected chi connectivity index (χ2v) is 8.29. The Hall–Kier alpha value is -3.09. The second-order valence-electron chi connectivity index (χ2n) is 8.29. The number of nitrogens with zero attached hydrogens (tertiary/aromatic N) is 4. The van der Waals surface area contributed by atoms with Crippen LogP contribution in [-0.4, -0.2) is 33.3 Å².